The van der Waals surface area contributed by atoms with Crippen molar-refractivity contribution in [1.82, 2.24) is 5.32 Å². The van der Waals surface area contributed by atoms with Gasteiger partial charge in [0.15, 0.2) is 5.78 Å². The lowest BCUT2D eigenvalue weighted by Crippen LogP contribution is -2.39. The molecule has 0 heterocycles. The average Bonchev–Trinajstić information content (AvgIpc) is 2.35. The molecule has 0 bridgehead atoms. The summed E-state index contributed by atoms with van der Waals surface area (Å²) in [5.41, 5.74) is 1.21. The number of nitrogens with one attached hydrogen (secondary N) is 1. The van der Waals surface area contributed by atoms with Gasteiger partial charge in [-0.1, -0.05) is 44.2 Å². The summed E-state index contributed by atoms with van der Waals surface area (Å²) in [5, 5.41) is 3.12. The van der Waals surface area contributed by atoms with Crippen molar-refractivity contribution in [2.75, 3.05) is 7.05 Å². The molecule has 1 aromatic carbocycles. The van der Waals surface area contributed by atoms with Crippen molar-refractivity contribution in [1.29, 1.82) is 0 Å². The van der Waals surface area contributed by atoms with Crippen LogP contribution in [-0.4, -0.2) is 18.9 Å². The van der Waals surface area contributed by atoms with Gasteiger partial charge in [0.25, 0.3) is 0 Å². The lowest BCUT2D eigenvalue weighted by Gasteiger charge is -2.18. The normalized spacial score (nSPS) is 14.4. The molecule has 2 nitrogen and oxygen atoms in total. The fourth-order valence-corrected chi connectivity index (χ4v) is 1.74. The van der Waals surface area contributed by atoms with Crippen LogP contribution in [0.3, 0.4) is 0 Å². The van der Waals surface area contributed by atoms with Gasteiger partial charge in [-0.05, 0) is 25.5 Å². The highest BCUT2D eigenvalue weighted by atomic mass is 16.1. The van der Waals surface area contributed by atoms with E-state index in [1.807, 2.05) is 32.2 Å². The summed E-state index contributed by atoms with van der Waals surface area (Å²) in [7, 11) is 1.86. The lowest BCUT2D eigenvalue weighted by atomic mass is 9.93. The van der Waals surface area contributed by atoms with E-state index in [9.17, 15) is 4.79 Å². The summed E-state index contributed by atoms with van der Waals surface area (Å²) >= 11 is 0. The average molecular weight is 219 g/mol. The largest absolute Gasteiger partial charge is 0.310 e. The van der Waals surface area contributed by atoms with Crippen LogP contribution in [0.25, 0.3) is 0 Å². The molecule has 16 heavy (non-hydrogen) atoms. The Morgan fingerprint density at radius 1 is 1.31 bits per heavy atom. The second kappa shape index (κ2) is 6.44. The smallest absolute Gasteiger partial charge is 0.152 e. The molecule has 2 unspecified atom stereocenters. The van der Waals surface area contributed by atoms with Crippen molar-refractivity contribution < 1.29 is 4.79 Å². The first-order chi connectivity index (χ1) is 7.69. The summed E-state index contributed by atoms with van der Waals surface area (Å²) in [6.07, 6.45) is 1.69. The van der Waals surface area contributed by atoms with Gasteiger partial charge in [-0.2, -0.15) is 0 Å². The molecule has 1 N–H and O–H groups in total. The van der Waals surface area contributed by atoms with Crippen LogP contribution in [0.4, 0.5) is 0 Å². The fourth-order valence-electron chi connectivity index (χ4n) is 1.74. The van der Waals surface area contributed by atoms with E-state index in [-0.39, 0.29) is 12.0 Å². The van der Waals surface area contributed by atoms with Crippen molar-refractivity contribution in [3.8, 4) is 0 Å². The van der Waals surface area contributed by atoms with Gasteiger partial charge < -0.3 is 5.32 Å². The van der Waals surface area contributed by atoms with Crippen LogP contribution in [0.15, 0.2) is 30.3 Å². The maximum absolute atomic E-state index is 12.0. The summed E-state index contributed by atoms with van der Waals surface area (Å²) in [5.74, 6) is 0.454. The number of carbonyl (C=O) groups is 1. The zero-order valence-electron chi connectivity index (χ0n) is 10.4. The van der Waals surface area contributed by atoms with Gasteiger partial charge in [-0.3, -0.25) is 4.79 Å². The monoisotopic (exact) mass is 219 g/mol. The number of carbonyl (C=O) groups excluding carboxylic acids is 1. The molecular formula is C14H21NO. The standard InChI is InChI=1S/C14H21NO/c1-4-11(2)14(16)13(15-3)10-12-8-6-5-7-9-12/h5-9,11,13,15H,4,10H2,1-3H3. The van der Waals surface area contributed by atoms with E-state index in [0.29, 0.717) is 5.78 Å². The maximum atomic E-state index is 12.0. The number of hydrogen-bond donors (Lipinski definition) is 1. The van der Waals surface area contributed by atoms with Gasteiger partial charge in [-0.25, -0.2) is 0 Å². The molecule has 0 saturated heterocycles. The Bertz CT molecular complexity index is 321. The highest BCUT2D eigenvalue weighted by Gasteiger charge is 2.21. The minimum absolute atomic E-state index is 0.0580. The maximum Gasteiger partial charge on any atom is 0.152 e. The molecule has 0 aliphatic heterocycles. The van der Waals surface area contributed by atoms with Gasteiger partial charge in [-0.15, -0.1) is 0 Å². The van der Waals surface area contributed by atoms with E-state index >= 15 is 0 Å². The first-order valence-electron chi connectivity index (χ1n) is 5.94. The Morgan fingerprint density at radius 3 is 2.44 bits per heavy atom. The first kappa shape index (κ1) is 12.9. The molecular weight excluding hydrogens is 198 g/mol. The van der Waals surface area contributed by atoms with Crippen molar-refractivity contribution in [2.24, 2.45) is 5.92 Å². The lowest BCUT2D eigenvalue weighted by molar-refractivity contribution is -0.124. The fraction of sp³-hybridized carbons (Fsp3) is 0.500. The molecule has 1 rings (SSSR count). The quantitative estimate of drug-likeness (QED) is 0.796. The topological polar surface area (TPSA) is 29.1 Å². The van der Waals surface area contributed by atoms with Crippen LogP contribution >= 0.6 is 0 Å². The van der Waals surface area contributed by atoms with E-state index in [0.717, 1.165) is 12.8 Å². The SMILES string of the molecule is CCC(C)C(=O)C(Cc1ccccc1)NC. The molecule has 2 atom stereocenters. The van der Waals surface area contributed by atoms with E-state index in [4.69, 9.17) is 0 Å². The Morgan fingerprint density at radius 2 is 1.94 bits per heavy atom. The van der Waals surface area contributed by atoms with Gasteiger partial charge >= 0.3 is 0 Å². The first-order valence-corrected chi connectivity index (χ1v) is 5.94. The number of rotatable bonds is 6. The second-order valence-electron chi connectivity index (χ2n) is 4.24. The third-order valence-electron chi connectivity index (χ3n) is 3.07. The van der Waals surface area contributed by atoms with Gasteiger partial charge in [0.2, 0.25) is 0 Å². The van der Waals surface area contributed by atoms with E-state index < -0.39 is 0 Å². The Labute approximate surface area is 98.1 Å². The third-order valence-corrected chi connectivity index (χ3v) is 3.07. The van der Waals surface area contributed by atoms with Gasteiger partial charge in [0, 0.05) is 5.92 Å². The molecule has 0 spiro atoms. The Hall–Kier alpha value is -1.15. The minimum Gasteiger partial charge on any atom is -0.310 e. The summed E-state index contributed by atoms with van der Waals surface area (Å²) in [6, 6.07) is 10.1. The highest BCUT2D eigenvalue weighted by Crippen LogP contribution is 2.10. The number of hydrogen-bond acceptors (Lipinski definition) is 2. The molecule has 2 heteroatoms. The number of benzene rings is 1. The van der Waals surface area contributed by atoms with Crippen LogP contribution in [0.1, 0.15) is 25.8 Å². The molecule has 0 radical (unpaired) electrons. The van der Waals surface area contributed by atoms with Crippen LogP contribution < -0.4 is 5.32 Å². The second-order valence-corrected chi connectivity index (χ2v) is 4.24. The molecule has 1 aromatic rings. The Balaban J connectivity index is 2.66. The highest BCUT2D eigenvalue weighted by molar-refractivity contribution is 5.86. The molecule has 0 aliphatic rings. The molecule has 0 fully saturated rings. The molecule has 0 saturated carbocycles. The number of ketones is 1. The van der Waals surface area contributed by atoms with E-state index in [1.54, 1.807) is 0 Å². The van der Waals surface area contributed by atoms with Crippen molar-refractivity contribution in [3.63, 3.8) is 0 Å². The molecule has 0 aromatic heterocycles. The van der Waals surface area contributed by atoms with Crippen molar-refractivity contribution in [2.45, 2.75) is 32.7 Å². The molecule has 0 amide bonds. The number of likely N-dealkylation sites (N-methyl/N-ethyl adjacent to an activating group) is 1. The van der Waals surface area contributed by atoms with Crippen LogP contribution in [0.5, 0.6) is 0 Å². The molecule has 88 valence electrons. The van der Waals surface area contributed by atoms with Crippen molar-refractivity contribution >= 4 is 5.78 Å². The van der Waals surface area contributed by atoms with Gasteiger partial charge in [0.1, 0.15) is 0 Å². The summed E-state index contributed by atoms with van der Waals surface area (Å²) in [6.45, 7) is 4.05. The van der Waals surface area contributed by atoms with Gasteiger partial charge in [0.05, 0.1) is 6.04 Å². The minimum atomic E-state index is -0.0580. The predicted molar refractivity (Wildman–Crippen MR) is 67.5 cm³/mol. The van der Waals surface area contributed by atoms with Crippen molar-refractivity contribution in [3.05, 3.63) is 35.9 Å². The van der Waals surface area contributed by atoms with E-state index in [1.165, 1.54) is 5.56 Å². The third kappa shape index (κ3) is 3.46. The molecule has 0 aliphatic carbocycles. The summed E-state index contributed by atoms with van der Waals surface area (Å²) in [4.78, 5) is 12.0. The zero-order valence-corrected chi connectivity index (χ0v) is 10.4. The zero-order chi connectivity index (χ0) is 12.0. The number of Topliss-reactive ketones (excluding diaryl/α,β-unsaturated/α-hetero) is 1. The van der Waals surface area contributed by atoms with Crippen LogP contribution in [-0.2, 0) is 11.2 Å². The Kier molecular flexibility index (Phi) is 5.20. The van der Waals surface area contributed by atoms with E-state index in [2.05, 4.69) is 24.4 Å². The summed E-state index contributed by atoms with van der Waals surface area (Å²) < 4.78 is 0. The van der Waals surface area contributed by atoms with Crippen LogP contribution in [0, 0.1) is 5.92 Å². The van der Waals surface area contributed by atoms with Crippen LogP contribution in [0.2, 0.25) is 0 Å². The predicted octanol–water partition coefficient (Wildman–Crippen LogP) is 2.43.